The largest absolute Gasteiger partial charge is 0.356 e. The van der Waals surface area contributed by atoms with E-state index in [2.05, 4.69) is 26.6 Å². The van der Waals surface area contributed by atoms with Gasteiger partial charge in [-0.25, -0.2) is 0 Å². The van der Waals surface area contributed by atoms with Crippen molar-refractivity contribution >= 4 is 29.9 Å². The maximum Gasteiger partial charge on any atom is 0.191 e. The maximum atomic E-state index is 4.38. The number of nitrogens with one attached hydrogen (secondary N) is 2. The van der Waals surface area contributed by atoms with Crippen molar-refractivity contribution in [3.8, 4) is 0 Å². The molecule has 0 aromatic carbocycles. The van der Waals surface area contributed by atoms with Gasteiger partial charge in [-0.1, -0.05) is 11.6 Å². The summed E-state index contributed by atoms with van der Waals surface area (Å²) in [6.07, 6.45) is 13.0. The number of halogens is 1. The van der Waals surface area contributed by atoms with Crippen molar-refractivity contribution in [2.75, 3.05) is 26.7 Å². The molecule has 0 amide bonds. The lowest BCUT2D eigenvalue weighted by molar-refractivity contribution is 0.321. The van der Waals surface area contributed by atoms with E-state index in [4.69, 9.17) is 0 Å². The van der Waals surface area contributed by atoms with Gasteiger partial charge in [0.15, 0.2) is 5.96 Å². The van der Waals surface area contributed by atoms with Gasteiger partial charge in [-0.15, -0.1) is 24.0 Å². The van der Waals surface area contributed by atoms with Gasteiger partial charge in [-0.2, -0.15) is 0 Å². The van der Waals surface area contributed by atoms with E-state index in [-0.39, 0.29) is 24.0 Å². The second-order valence-corrected chi connectivity index (χ2v) is 6.71. The third-order valence-electron chi connectivity index (χ3n) is 4.97. The number of hydrogen-bond donors (Lipinski definition) is 2. The van der Waals surface area contributed by atoms with E-state index in [1.54, 1.807) is 5.57 Å². The molecule has 3 aliphatic rings. The first-order valence-electron chi connectivity index (χ1n) is 8.74. The molecule has 1 saturated carbocycles. The van der Waals surface area contributed by atoms with Crippen molar-refractivity contribution in [3.05, 3.63) is 11.6 Å². The van der Waals surface area contributed by atoms with E-state index in [0.29, 0.717) is 6.04 Å². The number of guanidine groups is 1. The zero-order chi connectivity index (χ0) is 14.5. The second kappa shape index (κ2) is 9.11. The first kappa shape index (κ1) is 18.0. The van der Waals surface area contributed by atoms with Crippen LogP contribution in [0.25, 0.3) is 0 Å². The van der Waals surface area contributed by atoms with Gasteiger partial charge in [0.05, 0.1) is 0 Å². The summed E-state index contributed by atoms with van der Waals surface area (Å²) in [4.78, 5) is 7.01. The van der Waals surface area contributed by atoms with Gasteiger partial charge in [-0.3, -0.25) is 9.89 Å². The molecule has 4 nitrogen and oxygen atoms in total. The molecule has 1 atom stereocenters. The molecular weight excluding hydrogens is 387 g/mol. The lowest BCUT2D eigenvalue weighted by Crippen LogP contribution is -2.45. The molecule has 0 aromatic rings. The van der Waals surface area contributed by atoms with Crippen molar-refractivity contribution in [1.29, 1.82) is 0 Å². The van der Waals surface area contributed by atoms with E-state index in [9.17, 15) is 0 Å². The highest BCUT2D eigenvalue weighted by Gasteiger charge is 2.34. The molecule has 0 aromatic heterocycles. The standard InChI is InChI=1S/C17H30N4.HI/c1-18-17(19-11-9-14-5-3-2-4-6-14)20-15-10-12-21(13-15)16-7-8-16;/h5,15-16H,2-4,6-13H2,1H3,(H2,18,19,20);1H. The topological polar surface area (TPSA) is 39.7 Å². The van der Waals surface area contributed by atoms with Crippen LogP contribution in [0.15, 0.2) is 16.6 Å². The van der Waals surface area contributed by atoms with Crippen molar-refractivity contribution in [2.24, 2.45) is 4.99 Å². The summed E-state index contributed by atoms with van der Waals surface area (Å²) in [6, 6.07) is 1.47. The zero-order valence-electron chi connectivity index (χ0n) is 13.8. The summed E-state index contributed by atoms with van der Waals surface area (Å²) >= 11 is 0. The van der Waals surface area contributed by atoms with Crippen LogP contribution in [0.5, 0.6) is 0 Å². The number of nitrogens with zero attached hydrogens (tertiary/aromatic N) is 2. The smallest absolute Gasteiger partial charge is 0.191 e. The number of aliphatic imine (C=N–C) groups is 1. The fraction of sp³-hybridized carbons (Fsp3) is 0.824. The molecule has 2 aliphatic carbocycles. The van der Waals surface area contributed by atoms with Crippen LogP contribution in [0.2, 0.25) is 0 Å². The number of allylic oxidation sites excluding steroid dienone is 1. The van der Waals surface area contributed by atoms with Crippen LogP contribution in [0.3, 0.4) is 0 Å². The molecule has 0 spiro atoms. The van der Waals surface area contributed by atoms with E-state index >= 15 is 0 Å². The van der Waals surface area contributed by atoms with Gasteiger partial charge in [0, 0.05) is 38.8 Å². The molecule has 22 heavy (non-hydrogen) atoms. The second-order valence-electron chi connectivity index (χ2n) is 6.71. The summed E-state index contributed by atoms with van der Waals surface area (Å²) in [6.45, 7) is 3.45. The molecule has 1 unspecified atom stereocenters. The summed E-state index contributed by atoms with van der Waals surface area (Å²) < 4.78 is 0. The molecule has 3 rings (SSSR count). The van der Waals surface area contributed by atoms with Gasteiger partial charge < -0.3 is 10.6 Å². The summed E-state index contributed by atoms with van der Waals surface area (Å²) in [5.74, 6) is 0.981. The Morgan fingerprint density at radius 3 is 2.86 bits per heavy atom. The van der Waals surface area contributed by atoms with Crippen LogP contribution in [0.1, 0.15) is 51.4 Å². The van der Waals surface area contributed by atoms with Crippen molar-refractivity contribution in [2.45, 2.75) is 63.5 Å². The monoisotopic (exact) mass is 418 g/mol. The number of rotatable bonds is 5. The van der Waals surface area contributed by atoms with Crippen LogP contribution in [0, 0.1) is 0 Å². The lowest BCUT2D eigenvalue weighted by atomic mass is 9.97. The highest BCUT2D eigenvalue weighted by atomic mass is 127. The Balaban J connectivity index is 0.00000176. The normalized spacial score (nSPS) is 26.3. The summed E-state index contributed by atoms with van der Waals surface area (Å²) in [5.41, 5.74) is 1.63. The quantitative estimate of drug-likeness (QED) is 0.312. The molecule has 2 N–H and O–H groups in total. The van der Waals surface area contributed by atoms with Crippen molar-refractivity contribution < 1.29 is 0 Å². The Hall–Kier alpha value is -0.300. The highest BCUT2D eigenvalue weighted by molar-refractivity contribution is 14.0. The Labute approximate surface area is 152 Å². The van der Waals surface area contributed by atoms with Gasteiger partial charge in [0.1, 0.15) is 0 Å². The Morgan fingerprint density at radius 1 is 1.32 bits per heavy atom. The Bertz CT molecular complexity index is 403. The number of likely N-dealkylation sites (tertiary alicyclic amines) is 1. The maximum absolute atomic E-state index is 4.38. The summed E-state index contributed by atoms with van der Waals surface area (Å²) in [7, 11) is 1.88. The fourth-order valence-electron chi connectivity index (χ4n) is 3.54. The molecule has 126 valence electrons. The first-order valence-corrected chi connectivity index (χ1v) is 8.74. The molecule has 1 saturated heterocycles. The third-order valence-corrected chi connectivity index (χ3v) is 4.97. The fourth-order valence-corrected chi connectivity index (χ4v) is 3.54. The molecule has 2 fully saturated rings. The Kier molecular flexibility index (Phi) is 7.47. The molecule has 0 radical (unpaired) electrons. The number of hydrogen-bond acceptors (Lipinski definition) is 2. The van der Waals surface area contributed by atoms with Gasteiger partial charge >= 0.3 is 0 Å². The average molecular weight is 418 g/mol. The summed E-state index contributed by atoms with van der Waals surface area (Å²) in [5, 5.41) is 7.08. The van der Waals surface area contributed by atoms with Crippen LogP contribution >= 0.6 is 24.0 Å². The van der Waals surface area contributed by atoms with E-state index < -0.39 is 0 Å². The van der Waals surface area contributed by atoms with Crippen molar-refractivity contribution in [3.63, 3.8) is 0 Å². The predicted molar refractivity (Wildman–Crippen MR) is 104 cm³/mol. The van der Waals surface area contributed by atoms with Crippen LogP contribution in [-0.2, 0) is 0 Å². The molecule has 1 heterocycles. The van der Waals surface area contributed by atoms with E-state index in [0.717, 1.165) is 18.5 Å². The molecule has 1 aliphatic heterocycles. The molecular formula is C17H31IN4. The van der Waals surface area contributed by atoms with Gasteiger partial charge in [0.2, 0.25) is 0 Å². The van der Waals surface area contributed by atoms with E-state index in [1.807, 2.05) is 7.05 Å². The van der Waals surface area contributed by atoms with Crippen LogP contribution < -0.4 is 10.6 Å². The average Bonchev–Trinajstić information content (AvgIpc) is 3.27. The minimum atomic E-state index is 0. The van der Waals surface area contributed by atoms with Gasteiger partial charge in [-0.05, 0) is 51.4 Å². The first-order chi connectivity index (χ1) is 10.3. The predicted octanol–water partition coefficient (Wildman–Crippen LogP) is 2.90. The molecule has 0 bridgehead atoms. The minimum absolute atomic E-state index is 0. The SMILES string of the molecule is CN=C(NCCC1=CCCCC1)NC1CCN(C2CC2)C1.I. The van der Waals surface area contributed by atoms with Crippen LogP contribution in [-0.4, -0.2) is 49.6 Å². The highest BCUT2D eigenvalue weighted by Crippen LogP contribution is 2.29. The third kappa shape index (κ3) is 5.41. The van der Waals surface area contributed by atoms with Gasteiger partial charge in [0.25, 0.3) is 0 Å². The zero-order valence-corrected chi connectivity index (χ0v) is 16.1. The van der Waals surface area contributed by atoms with Crippen molar-refractivity contribution in [1.82, 2.24) is 15.5 Å². The van der Waals surface area contributed by atoms with Crippen LogP contribution in [0.4, 0.5) is 0 Å². The Morgan fingerprint density at radius 2 is 2.18 bits per heavy atom. The lowest BCUT2D eigenvalue weighted by Gasteiger charge is -2.19. The van der Waals surface area contributed by atoms with E-state index in [1.165, 1.54) is 64.5 Å². The minimum Gasteiger partial charge on any atom is -0.356 e. The molecule has 5 heteroatoms.